The number of hydrogen-bond donors (Lipinski definition) is 1. The molecule has 0 saturated heterocycles. The third-order valence-electron chi connectivity index (χ3n) is 2.82. The van der Waals surface area contributed by atoms with Gasteiger partial charge in [0, 0.05) is 11.1 Å². The molecule has 0 aliphatic carbocycles. The van der Waals surface area contributed by atoms with Crippen LogP contribution in [0, 0.1) is 4.91 Å². The predicted molar refractivity (Wildman–Crippen MR) is 71.0 cm³/mol. The summed E-state index contributed by atoms with van der Waals surface area (Å²) in [6.45, 7) is 12.0. The van der Waals surface area contributed by atoms with Crippen LogP contribution in [0.3, 0.4) is 0 Å². The predicted octanol–water partition coefficient (Wildman–Crippen LogP) is 4.39. The third kappa shape index (κ3) is 2.84. The minimum atomic E-state index is -0.217. The van der Waals surface area contributed by atoms with Crippen LogP contribution in [0.15, 0.2) is 17.3 Å². The van der Waals surface area contributed by atoms with E-state index in [2.05, 4.69) is 5.18 Å². The summed E-state index contributed by atoms with van der Waals surface area (Å²) in [5.74, 6) is 0.275. The average molecular weight is 235 g/mol. The molecule has 0 bridgehead atoms. The maximum atomic E-state index is 10.7. The van der Waals surface area contributed by atoms with E-state index in [-0.39, 0.29) is 16.6 Å². The smallest absolute Gasteiger partial charge is 0.123 e. The zero-order valence-corrected chi connectivity index (χ0v) is 11.5. The zero-order valence-electron chi connectivity index (χ0n) is 11.5. The molecule has 0 saturated carbocycles. The van der Waals surface area contributed by atoms with Crippen LogP contribution in [0.2, 0.25) is 0 Å². The molecule has 0 spiro atoms. The van der Waals surface area contributed by atoms with Crippen molar-refractivity contribution in [2.75, 3.05) is 0 Å². The van der Waals surface area contributed by atoms with E-state index in [9.17, 15) is 10.0 Å². The lowest BCUT2D eigenvalue weighted by atomic mass is 9.79. The van der Waals surface area contributed by atoms with Gasteiger partial charge in [0.05, 0.1) is 0 Å². The monoisotopic (exact) mass is 235 g/mol. The fraction of sp³-hybridized carbons (Fsp3) is 0.571. The molecular formula is C14H21NO2. The van der Waals surface area contributed by atoms with Gasteiger partial charge in [0.25, 0.3) is 0 Å². The fourth-order valence-corrected chi connectivity index (χ4v) is 1.82. The highest BCUT2D eigenvalue weighted by molar-refractivity contribution is 5.56. The molecule has 1 aromatic rings. The highest BCUT2D eigenvalue weighted by atomic mass is 16.3. The van der Waals surface area contributed by atoms with Gasteiger partial charge in [-0.25, -0.2) is 0 Å². The standard InChI is InChI=1S/C14H21NO2/c1-13(2,3)10-7-9(15-17)8-11(12(10)16)14(4,5)6/h7-8,16H,1-6H3. The van der Waals surface area contributed by atoms with Crippen molar-refractivity contribution < 1.29 is 5.11 Å². The number of phenolic OH excluding ortho intramolecular Hbond substituents is 1. The number of aromatic hydroxyl groups is 1. The molecule has 1 aromatic carbocycles. The van der Waals surface area contributed by atoms with Gasteiger partial charge in [-0.2, -0.15) is 0 Å². The lowest BCUT2D eigenvalue weighted by Gasteiger charge is -2.27. The van der Waals surface area contributed by atoms with Crippen LogP contribution in [-0.2, 0) is 10.8 Å². The van der Waals surface area contributed by atoms with E-state index >= 15 is 0 Å². The molecule has 3 heteroatoms. The van der Waals surface area contributed by atoms with Crippen LogP contribution in [0.25, 0.3) is 0 Å². The molecule has 0 amide bonds. The molecule has 17 heavy (non-hydrogen) atoms. The second-order valence-electron chi connectivity index (χ2n) is 6.48. The first-order valence-electron chi connectivity index (χ1n) is 5.78. The van der Waals surface area contributed by atoms with Crippen molar-refractivity contribution in [3.63, 3.8) is 0 Å². The lowest BCUT2D eigenvalue weighted by molar-refractivity contribution is 0.423. The molecule has 0 aromatic heterocycles. The van der Waals surface area contributed by atoms with Crippen LogP contribution in [0.5, 0.6) is 5.75 Å². The summed E-state index contributed by atoms with van der Waals surface area (Å²) in [7, 11) is 0. The van der Waals surface area contributed by atoms with Crippen molar-refractivity contribution in [3.8, 4) is 5.75 Å². The molecule has 0 heterocycles. The quantitative estimate of drug-likeness (QED) is 0.734. The van der Waals surface area contributed by atoms with Crippen LogP contribution in [-0.4, -0.2) is 5.11 Å². The molecule has 0 atom stereocenters. The molecular weight excluding hydrogens is 214 g/mol. The number of rotatable bonds is 1. The van der Waals surface area contributed by atoms with Crippen LogP contribution >= 0.6 is 0 Å². The van der Waals surface area contributed by atoms with Crippen LogP contribution in [0.4, 0.5) is 5.69 Å². The van der Waals surface area contributed by atoms with Gasteiger partial charge in [0.1, 0.15) is 11.4 Å². The molecule has 0 aliphatic rings. The molecule has 1 N–H and O–H groups in total. The topological polar surface area (TPSA) is 49.7 Å². The summed E-state index contributed by atoms with van der Waals surface area (Å²) in [6, 6.07) is 3.33. The molecule has 0 radical (unpaired) electrons. The van der Waals surface area contributed by atoms with E-state index in [4.69, 9.17) is 0 Å². The molecule has 94 valence electrons. The summed E-state index contributed by atoms with van der Waals surface area (Å²) in [6.07, 6.45) is 0. The van der Waals surface area contributed by atoms with Gasteiger partial charge in [-0.05, 0) is 28.1 Å². The van der Waals surface area contributed by atoms with Crippen molar-refractivity contribution in [3.05, 3.63) is 28.2 Å². The highest BCUT2D eigenvalue weighted by Crippen LogP contribution is 2.41. The minimum absolute atomic E-state index is 0.217. The number of hydrogen-bond acceptors (Lipinski definition) is 3. The Morgan fingerprint density at radius 2 is 1.29 bits per heavy atom. The summed E-state index contributed by atoms with van der Waals surface area (Å²) in [5, 5.41) is 13.3. The van der Waals surface area contributed by atoms with E-state index in [1.165, 1.54) is 0 Å². The Hall–Kier alpha value is -1.38. The van der Waals surface area contributed by atoms with Gasteiger partial charge >= 0.3 is 0 Å². The van der Waals surface area contributed by atoms with Gasteiger partial charge in [-0.3, -0.25) is 0 Å². The minimum Gasteiger partial charge on any atom is -0.507 e. The van der Waals surface area contributed by atoms with Crippen molar-refractivity contribution in [2.45, 2.75) is 52.4 Å². The SMILES string of the molecule is CC(C)(C)c1cc(N=O)cc(C(C)(C)C)c1O. The largest absolute Gasteiger partial charge is 0.507 e. The zero-order chi connectivity index (χ0) is 13.4. The van der Waals surface area contributed by atoms with Crippen LogP contribution < -0.4 is 0 Å². The fourth-order valence-electron chi connectivity index (χ4n) is 1.82. The molecule has 3 nitrogen and oxygen atoms in total. The first kappa shape index (κ1) is 13.7. The molecule has 0 unspecified atom stereocenters. The van der Waals surface area contributed by atoms with Gasteiger partial charge in [0.2, 0.25) is 0 Å². The first-order chi connectivity index (χ1) is 7.57. The Kier molecular flexibility index (Phi) is 3.33. The Balaban J connectivity index is 3.59. The van der Waals surface area contributed by atoms with E-state index in [1.807, 2.05) is 41.5 Å². The van der Waals surface area contributed by atoms with Crippen molar-refractivity contribution in [1.29, 1.82) is 0 Å². The number of phenols is 1. The van der Waals surface area contributed by atoms with Gasteiger partial charge < -0.3 is 5.11 Å². The maximum absolute atomic E-state index is 10.7. The summed E-state index contributed by atoms with van der Waals surface area (Å²) in [4.78, 5) is 10.7. The van der Waals surface area contributed by atoms with E-state index in [0.29, 0.717) is 5.69 Å². The average Bonchev–Trinajstić information content (AvgIpc) is 2.14. The van der Waals surface area contributed by atoms with Gasteiger partial charge in [-0.15, -0.1) is 4.91 Å². The van der Waals surface area contributed by atoms with Crippen molar-refractivity contribution in [2.24, 2.45) is 5.18 Å². The van der Waals surface area contributed by atoms with Crippen molar-refractivity contribution in [1.82, 2.24) is 0 Å². The first-order valence-corrected chi connectivity index (χ1v) is 5.78. The lowest BCUT2D eigenvalue weighted by Crippen LogP contribution is -2.16. The second kappa shape index (κ2) is 4.13. The normalized spacial score (nSPS) is 12.6. The van der Waals surface area contributed by atoms with E-state index in [0.717, 1.165) is 11.1 Å². The summed E-state index contributed by atoms with van der Waals surface area (Å²) in [5.41, 5.74) is 1.46. The van der Waals surface area contributed by atoms with Gasteiger partial charge in [0.15, 0.2) is 0 Å². The van der Waals surface area contributed by atoms with E-state index < -0.39 is 0 Å². The van der Waals surface area contributed by atoms with Crippen LogP contribution in [0.1, 0.15) is 52.7 Å². The molecule has 0 fully saturated rings. The Labute approximate surface area is 103 Å². The third-order valence-corrected chi connectivity index (χ3v) is 2.82. The number of benzene rings is 1. The molecule has 1 rings (SSSR count). The summed E-state index contributed by atoms with van der Waals surface area (Å²) < 4.78 is 0. The van der Waals surface area contributed by atoms with Crippen molar-refractivity contribution >= 4 is 5.69 Å². The Bertz CT molecular complexity index is 402. The molecule has 0 aliphatic heterocycles. The second-order valence-corrected chi connectivity index (χ2v) is 6.48. The van der Waals surface area contributed by atoms with E-state index in [1.54, 1.807) is 12.1 Å². The van der Waals surface area contributed by atoms with Gasteiger partial charge in [-0.1, -0.05) is 41.5 Å². The number of nitrogens with zero attached hydrogens (tertiary/aromatic N) is 1. The maximum Gasteiger partial charge on any atom is 0.123 e. The Morgan fingerprint density at radius 1 is 0.941 bits per heavy atom. The highest BCUT2D eigenvalue weighted by Gasteiger charge is 2.26. The number of nitroso groups, excluding NO2 is 1. The summed E-state index contributed by atoms with van der Waals surface area (Å²) >= 11 is 0. The Morgan fingerprint density at radius 3 is 1.53 bits per heavy atom.